The molecule has 1 aliphatic heterocycles. The third-order valence-electron chi connectivity index (χ3n) is 4.48. The molecular weight excluding hydrogens is 332 g/mol. The van der Waals surface area contributed by atoms with Crippen molar-refractivity contribution in [3.05, 3.63) is 69.8 Å². The Kier molecular flexibility index (Phi) is 4.64. The Labute approximate surface area is 150 Å². The number of nitrogens with zero attached hydrogens (tertiary/aromatic N) is 3. The van der Waals surface area contributed by atoms with Gasteiger partial charge in [-0.2, -0.15) is 0 Å². The second-order valence-corrected chi connectivity index (χ2v) is 6.34. The molecule has 0 unspecified atom stereocenters. The van der Waals surface area contributed by atoms with Crippen molar-refractivity contribution >= 4 is 0 Å². The Hall–Kier alpha value is -2.77. The predicted molar refractivity (Wildman–Crippen MR) is 95.3 cm³/mol. The molecule has 3 aromatic rings. The number of methoxy groups -OCH3 is 1. The van der Waals surface area contributed by atoms with Crippen LogP contribution in [-0.4, -0.2) is 33.5 Å². The van der Waals surface area contributed by atoms with Crippen LogP contribution in [0, 0.1) is 0 Å². The fourth-order valence-electron chi connectivity index (χ4n) is 3.21. The van der Waals surface area contributed by atoms with Crippen molar-refractivity contribution in [1.29, 1.82) is 0 Å². The third-order valence-corrected chi connectivity index (χ3v) is 4.48. The zero-order valence-electron chi connectivity index (χ0n) is 14.6. The minimum atomic E-state index is -0.0778. The molecule has 7 heteroatoms. The predicted octanol–water partition coefficient (Wildman–Crippen LogP) is 2.13. The molecule has 0 bridgehead atoms. The van der Waals surface area contributed by atoms with Crippen LogP contribution >= 0.6 is 0 Å². The summed E-state index contributed by atoms with van der Waals surface area (Å²) in [6, 6.07) is 7.56. The van der Waals surface area contributed by atoms with E-state index < -0.39 is 0 Å². The van der Waals surface area contributed by atoms with E-state index in [-0.39, 0.29) is 5.56 Å². The van der Waals surface area contributed by atoms with Crippen LogP contribution in [0.25, 0.3) is 11.4 Å². The molecule has 0 aliphatic carbocycles. The molecule has 3 aromatic heterocycles. The van der Waals surface area contributed by atoms with E-state index in [0.29, 0.717) is 25.5 Å². The summed E-state index contributed by atoms with van der Waals surface area (Å²) >= 11 is 0. The Morgan fingerprint density at radius 3 is 2.85 bits per heavy atom. The fraction of sp³-hybridized carbons (Fsp3) is 0.316. The minimum absolute atomic E-state index is 0.0778. The van der Waals surface area contributed by atoms with Gasteiger partial charge in [-0.25, -0.2) is 4.98 Å². The summed E-state index contributed by atoms with van der Waals surface area (Å²) in [5, 5.41) is 0. The van der Waals surface area contributed by atoms with Gasteiger partial charge in [0.05, 0.1) is 17.8 Å². The molecule has 1 aliphatic rings. The van der Waals surface area contributed by atoms with E-state index in [1.807, 2.05) is 24.3 Å². The van der Waals surface area contributed by atoms with E-state index in [2.05, 4.69) is 19.9 Å². The van der Waals surface area contributed by atoms with Gasteiger partial charge in [-0.1, -0.05) is 0 Å². The highest BCUT2D eigenvalue weighted by Crippen LogP contribution is 2.20. The van der Waals surface area contributed by atoms with E-state index in [1.165, 1.54) is 0 Å². The molecule has 4 heterocycles. The number of furan rings is 1. The zero-order valence-corrected chi connectivity index (χ0v) is 14.6. The average Bonchev–Trinajstić information content (AvgIpc) is 3.10. The first-order valence-corrected chi connectivity index (χ1v) is 8.54. The van der Waals surface area contributed by atoms with Crippen LogP contribution in [0.4, 0.5) is 0 Å². The van der Waals surface area contributed by atoms with Crippen molar-refractivity contribution in [2.45, 2.75) is 26.1 Å². The monoisotopic (exact) mass is 352 g/mol. The number of nitrogens with one attached hydrogen (secondary N) is 1. The number of fused-ring (bicyclic) bond motifs is 1. The molecule has 0 saturated heterocycles. The number of hydrogen-bond acceptors (Lipinski definition) is 6. The number of ether oxygens (including phenoxy) is 1. The summed E-state index contributed by atoms with van der Waals surface area (Å²) in [6.45, 7) is 2.52. The number of aromatic nitrogens is 3. The van der Waals surface area contributed by atoms with Crippen molar-refractivity contribution in [2.75, 3.05) is 13.7 Å². The van der Waals surface area contributed by atoms with Crippen molar-refractivity contribution in [3.63, 3.8) is 0 Å². The van der Waals surface area contributed by atoms with Crippen molar-refractivity contribution in [3.8, 4) is 11.4 Å². The van der Waals surface area contributed by atoms with E-state index >= 15 is 0 Å². The van der Waals surface area contributed by atoms with Crippen LogP contribution in [0.5, 0.6) is 0 Å². The molecule has 0 saturated carbocycles. The Bertz CT molecular complexity index is 949. The first kappa shape index (κ1) is 16.7. The largest absolute Gasteiger partial charge is 0.462 e. The topological polar surface area (TPSA) is 84.2 Å². The molecule has 0 atom stereocenters. The van der Waals surface area contributed by atoms with Gasteiger partial charge >= 0.3 is 0 Å². The lowest BCUT2D eigenvalue weighted by Gasteiger charge is -2.26. The van der Waals surface area contributed by atoms with Gasteiger partial charge in [0.25, 0.3) is 5.56 Å². The van der Waals surface area contributed by atoms with E-state index in [1.54, 1.807) is 19.5 Å². The highest BCUT2D eigenvalue weighted by Gasteiger charge is 2.22. The normalized spacial score (nSPS) is 14.3. The average molecular weight is 352 g/mol. The molecule has 4 rings (SSSR count). The molecule has 7 nitrogen and oxygen atoms in total. The van der Waals surface area contributed by atoms with Crippen LogP contribution in [0.1, 0.15) is 22.8 Å². The van der Waals surface area contributed by atoms with Gasteiger partial charge in [0.2, 0.25) is 0 Å². The number of hydrogen-bond donors (Lipinski definition) is 1. The Morgan fingerprint density at radius 1 is 1.23 bits per heavy atom. The molecular formula is C19H20N4O3. The molecule has 26 heavy (non-hydrogen) atoms. The van der Waals surface area contributed by atoms with Crippen LogP contribution in [0.15, 0.2) is 45.9 Å². The minimum Gasteiger partial charge on any atom is -0.462 e. The molecule has 1 N–H and O–H groups in total. The standard InChI is InChI=1S/C19H20N4O3/c1-25-12-15-3-2-14(26-15)10-23-9-6-17-16(11-23)19(24)22-18(21-17)13-4-7-20-8-5-13/h2-5,7-8H,6,9-12H2,1H3,(H,21,22,24). The summed E-state index contributed by atoms with van der Waals surface area (Å²) in [5.41, 5.74) is 2.39. The molecule has 0 amide bonds. The summed E-state index contributed by atoms with van der Waals surface area (Å²) in [6.07, 6.45) is 4.12. The summed E-state index contributed by atoms with van der Waals surface area (Å²) in [5.74, 6) is 2.28. The van der Waals surface area contributed by atoms with Gasteiger partial charge in [0.15, 0.2) is 0 Å². The number of pyridine rings is 1. The molecule has 0 fully saturated rings. The maximum atomic E-state index is 12.6. The van der Waals surface area contributed by atoms with Crippen LogP contribution < -0.4 is 5.56 Å². The van der Waals surface area contributed by atoms with Gasteiger partial charge < -0.3 is 14.1 Å². The molecule has 0 spiro atoms. The Balaban J connectivity index is 1.52. The molecule has 0 radical (unpaired) electrons. The quantitative estimate of drug-likeness (QED) is 0.757. The van der Waals surface area contributed by atoms with E-state index in [0.717, 1.165) is 41.3 Å². The first-order chi connectivity index (χ1) is 12.7. The maximum Gasteiger partial charge on any atom is 0.255 e. The van der Waals surface area contributed by atoms with Crippen molar-refractivity contribution in [2.24, 2.45) is 0 Å². The third kappa shape index (κ3) is 3.44. The zero-order chi connectivity index (χ0) is 17.9. The van der Waals surface area contributed by atoms with Gasteiger partial charge in [-0.15, -0.1) is 0 Å². The summed E-state index contributed by atoms with van der Waals surface area (Å²) < 4.78 is 10.8. The number of H-pyrrole nitrogens is 1. The lowest BCUT2D eigenvalue weighted by atomic mass is 10.1. The van der Waals surface area contributed by atoms with Gasteiger partial charge in [-0.05, 0) is 24.3 Å². The second kappa shape index (κ2) is 7.23. The fourth-order valence-corrected chi connectivity index (χ4v) is 3.21. The van der Waals surface area contributed by atoms with Crippen LogP contribution in [0.2, 0.25) is 0 Å². The van der Waals surface area contributed by atoms with Crippen LogP contribution in [0.3, 0.4) is 0 Å². The molecule has 0 aromatic carbocycles. The van der Waals surface area contributed by atoms with E-state index in [9.17, 15) is 4.79 Å². The second-order valence-electron chi connectivity index (χ2n) is 6.34. The highest BCUT2D eigenvalue weighted by atomic mass is 16.5. The highest BCUT2D eigenvalue weighted by molar-refractivity contribution is 5.54. The summed E-state index contributed by atoms with van der Waals surface area (Å²) in [7, 11) is 1.64. The SMILES string of the molecule is COCc1ccc(CN2CCc3nc(-c4ccncc4)[nH]c(=O)c3C2)o1. The van der Waals surface area contributed by atoms with Gasteiger partial charge in [0, 0.05) is 44.6 Å². The number of aromatic amines is 1. The molecule has 134 valence electrons. The van der Waals surface area contributed by atoms with Crippen molar-refractivity contribution in [1.82, 2.24) is 19.9 Å². The van der Waals surface area contributed by atoms with Gasteiger partial charge in [-0.3, -0.25) is 14.7 Å². The smallest absolute Gasteiger partial charge is 0.255 e. The maximum absolute atomic E-state index is 12.6. The lowest BCUT2D eigenvalue weighted by Crippen LogP contribution is -2.35. The van der Waals surface area contributed by atoms with E-state index in [4.69, 9.17) is 9.15 Å². The summed E-state index contributed by atoms with van der Waals surface area (Å²) in [4.78, 5) is 26.3. The van der Waals surface area contributed by atoms with Gasteiger partial charge in [0.1, 0.15) is 24.0 Å². The van der Waals surface area contributed by atoms with Crippen molar-refractivity contribution < 1.29 is 9.15 Å². The number of rotatable bonds is 5. The van der Waals surface area contributed by atoms with Crippen LogP contribution in [-0.2, 0) is 30.9 Å². The lowest BCUT2D eigenvalue weighted by molar-refractivity contribution is 0.157. The Morgan fingerprint density at radius 2 is 2.04 bits per heavy atom. The first-order valence-electron chi connectivity index (χ1n) is 8.54.